The van der Waals surface area contributed by atoms with Crippen LogP contribution in [-0.2, 0) is 4.79 Å². The monoisotopic (exact) mass is 400 g/mol. The summed E-state index contributed by atoms with van der Waals surface area (Å²) in [5, 5.41) is 9.53. The molecule has 3 N–H and O–H groups in total. The highest BCUT2D eigenvalue weighted by Gasteiger charge is 2.23. The number of carbonyl (C=O) groups excluding carboxylic acids is 2. The van der Waals surface area contributed by atoms with Crippen LogP contribution in [0, 0.1) is 0 Å². The van der Waals surface area contributed by atoms with Crippen LogP contribution in [0.25, 0.3) is 0 Å². The molecule has 0 radical (unpaired) electrons. The van der Waals surface area contributed by atoms with Gasteiger partial charge >= 0.3 is 6.03 Å². The van der Waals surface area contributed by atoms with Gasteiger partial charge in [0.1, 0.15) is 0 Å². The zero-order valence-electron chi connectivity index (χ0n) is 17.5. The molecule has 6 nitrogen and oxygen atoms in total. The third-order valence-corrected chi connectivity index (χ3v) is 5.95. The third-order valence-electron chi connectivity index (χ3n) is 5.95. The van der Waals surface area contributed by atoms with E-state index in [4.69, 9.17) is 0 Å². The maximum Gasteiger partial charge on any atom is 0.328 e. The second-order valence-corrected chi connectivity index (χ2v) is 8.29. The molecule has 1 aliphatic heterocycles. The van der Waals surface area contributed by atoms with Crippen LogP contribution < -0.4 is 20.9 Å². The van der Waals surface area contributed by atoms with Gasteiger partial charge in [-0.25, -0.2) is 4.79 Å². The number of benzene rings is 1. The van der Waals surface area contributed by atoms with Crippen molar-refractivity contribution in [2.45, 2.75) is 76.7 Å². The van der Waals surface area contributed by atoms with Gasteiger partial charge in [-0.15, -0.1) is 0 Å². The summed E-state index contributed by atoms with van der Waals surface area (Å²) in [4.78, 5) is 24.7. The van der Waals surface area contributed by atoms with Crippen molar-refractivity contribution in [2.75, 3.05) is 29.9 Å². The number of nitrogens with one attached hydrogen (secondary N) is 3. The fraction of sp³-hybridized carbons (Fsp3) is 0.652. The Morgan fingerprint density at radius 3 is 2.31 bits per heavy atom. The first-order valence-electron chi connectivity index (χ1n) is 11.4. The van der Waals surface area contributed by atoms with Crippen molar-refractivity contribution in [3.05, 3.63) is 24.3 Å². The predicted octanol–water partition coefficient (Wildman–Crippen LogP) is 4.42. The zero-order chi connectivity index (χ0) is 20.3. The lowest BCUT2D eigenvalue weighted by molar-refractivity contribution is -0.120. The topological polar surface area (TPSA) is 73.5 Å². The van der Waals surface area contributed by atoms with Crippen molar-refractivity contribution in [2.24, 2.45) is 0 Å². The minimum atomic E-state index is -0.337. The Bertz CT molecular complexity index is 641. The molecule has 0 aromatic heterocycles. The maximum atomic E-state index is 11.9. The summed E-state index contributed by atoms with van der Waals surface area (Å²) in [6.45, 7) is 2.59. The number of unbranched alkanes of at least 4 members (excludes halogenated alkanes) is 4. The van der Waals surface area contributed by atoms with Gasteiger partial charge in [-0.3, -0.25) is 15.0 Å². The molecule has 1 saturated heterocycles. The number of nitrogens with zero attached hydrogens (tertiary/aromatic N) is 1. The van der Waals surface area contributed by atoms with Crippen molar-refractivity contribution in [1.82, 2.24) is 10.6 Å². The highest BCUT2D eigenvalue weighted by molar-refractivity contribution is 6.05. The molecule has 0 bridgehead atoms. The van der Waals surface area contributed by atoms with E-state index in [1.54, 1.807) is 4.90 Å². The Morgan fingerprint density at radius 1 is 0.897 bits per heavy atom. The molecule has 2 fully saturated rings. The molecule has 3 amide bonds. The number of urea groups is 1. The molecule has 0 unspecified atom stereocenters. The van der Waals surface area contributed by atoms with Gasteiger partial charge in [-0.05, 0) is 56.5 Å². The molecule has 1 aromatic rings. The molecule has 1 heterocycles. The van der Waals surface area contributed by atoms with Gasteiger partial charge < -0.3 is 10.6 Å². The number of anilines is 2. The van der Waals surface area contributed by atoms with E-state index in [1.165, 1.54) is 70.8 Å². The fourth-order valence-corrected chi connectivity index (χ4v) is 4.20. The summed E-state index contributed by atoms with van der Waals surface area (Å²) in [6, 6.07) is 8.29. The lowest BCUT2D eigenvalue weighted by Gasteiger charge is -2.26. The van der Waals surface area contributed by atoms with Crippen molar-refractivity contribution in [1.29, 1.82) is 0 Å². The average molecular weight is 401 g/mol. The van der Waals surface area contributed by atoms with Gasteiger partial charge in [0, 0.05) is 36.9 Å². The summed E-state index contributed by atoms with van der Waals surface area (Å²) in [7, 11) is 0. The van der Waals surface area contributed by atoms with E-state index in [0.29, 0.717) is 13.0 Å². The van der Waals surface area contributed by atoms with Crippen LogP contribution in [0.15, 0.2) is 24.3 Å². The van der Waals surface area contributed by atoms with E-state index in [9.17, 15) is 9.59 Å². The molecule has 1 aromatic carbocycles. The quantitative estimate of drug-likeness (QED) is 0.481. The highest BCUT2D eigenvalue weighted by atomic mass is 16.2. The normalized spacial score (nSPS) is 18.0. The van der Waals surface area contributed by atoms with Crippen LogP contribution >= 0.6 is 0 Å². The molecule has 3 rings (SSSR count). The van der Waals surface area contributed by atoms with Crippen LogP contribution in [0.5, 0.6) is 0 Å². The van der Waals surface area contributed by atoms with Crippen molar-refractivity contribution < 1.29 is 9.59 Å². The van der Waals surface area contributed by atoms with Crippen molar-refractivity contribution in [3.8, 4) is 0 Å². The summed E-state index contributed by atoms with van der Waals surface area (Å²) in [6.07, 6.45) is 13.7. The van der Waals surface area contributed by atoms with Crippen molar-refractivity contribution in [3.63, 3.8) is 0 Å². The Kier molecular flexibility index (Phi) is 8.81. The molecule has 0 atom stereocenters. The SMILES string of the molecule is O=C1CCN(c2ccc(NCCCCCCCNC3CCCCC3)cc2)C(=O)N1. The molecule has 1 aliphatic carbocycles. The summed E-state index contributed by atoms with van der Waals surface area (Å²) in [5.41, 5.74) is 1.89. The molecule has 1 saturated carbocycles. The summed E-state index contributed by atoms with van der Waals surface area (Å²) < 4.78 is 0. The van der Waals surface area contributed by atoms with E-state index in [1.807, 2.05) is 24.3 Å². The summed E-state index contributed by atoms with van der Waals surface area (Å²) >= 11 is 0. The average Bonchev–Trinajstić information content (AvgIpc) is 2.74. The number of carbonyl (C=O) groups is 2. The minimum absolute atomic E-state index is 0.204. The smallest absolute Gasteiger partial charge is 0.328 e. The van der Waals surface area contributed by atoms with Gasteiger partial charge in [-0.1, -0.05) is 38.5 Å². The number of imide groups is 1. The van der Waals surface area contributed by atoms with Gasteiger partial charge in [-0.2, -0.15) is 0 Å². The van der Waals surface area contributed by atoms with Crippen molar-refractivity contribution >= 4 is 23.3 Å². The number of amides is 3. The summed E-state index contributed by atoms with van der Waals surface area (Å²) in [5.74, 6) is -0.204. The molecular formula is C23H36N4O2. The molecule has 160 valence electrons. The van der Waals surface area contributed by atoms with E-state index >= 15 is 0 Å². The van der Waals surface area contributed by atoms with Crippen LogP contribution in [0.3, 0.4) is 0 Å². The number of hydrogen-bond acceptors (Lipinski definition) is 4. The zero-order valence-corrected chi connectivity index (χ0v) is 17.5. The predicted molar refractivity (Wildman–Crippen MR) is 118 cm³/mol. The Morgan fingerprint density at radius 2 is 1.59 bits per heavy atom. The Balaban J connectivity index is 1.22. The molecule has 0 spiro atoms. The lowest BCUT2D eigenvalue weighted by atomic mass is 9.95. The van der Waals surface area contributed by atoms with Crippen LogP contribution in [0.1, 0.15) is 70.6 Å². The van der Waals surface area contributed by atoms with Gasteiger partial charge in [0.2, 0.25) is 5.91 Å². The Hall–Kier alpha value is -2.08. The first-order valence-corrected chi connectivity index (χ1v) is 11.4. The van der Waals surface area contributed by atoms with E-state index in [-0.39, 0.29) is 11.9 Å². The van der Waals surface area contributed by atoms with E-state index in [0.717, 1.165) is 24.0 Å². The number of rotatable bonds is 11. The minimum Gasteiger partial charge on any atom is -0.385 e. The van der Waals surface area contributed by atoms with E-state index in [2.05, 4.69) is 16.0 Å². The van der Waals surface area contributed by atoms with Gasteiger partial charge in [0.25, 0.3) is 0 Å². The largest absolute Gasteiger partial charge is 0.385 e. The van der Waals surface area contributed by atoms with Gasteiger partial charge in [0.05, 0.1) is 0 Å². The lowest BCUT2D eigenvalue weighted by Crippen LogP contribution is -2.49. The third kappa shape index (κ3) is 7.35. The molecular weight excluding hydrogens is 364 g/mol. The first-order chi connectivity index (χ1) is 14.2. The van der Waals surface area contributed by atoms with Crippen LogP contribution in [0.4, 0.5) is 16.2 Å². The van der Waals surface area contributed by atoms with Crippen LogP contribution in [-0.4, -0.2) is 37.6 Å². The molecule has 2 aliphatic rings. The second-order valence-electron chi connectivity index (χ2n) is 8.29. The van der Waals surface area contributed by atoms with Gasteiger partial charge in [0.15, 0.2) is 0 Å². The number of hydrogen-bond donors (Lipinski definition) is 3. The Labute approximate surface area is 174 Å². The highest BCUT2D eigenvalue weighted by Crippen LogP contribution is 2.20. The standard InChI is InChI=1S/C23H36N4O2/c28-22-15-18-27(23(29)26-22)21-13-11-20(12-14-21)25-17-8-3-1-2-7-16-24-19-9-5-4-6-10-19/h11-14,19,24-25H,1-10,15-18H2,(H,26,28,29). The van der Waals surface area contributed by atoms with Crippen LogP contribution in [0.2, 0.25) is 0 Å². The molecule has 6 heteroatoms. The molecule has 29 heavy (non-hydrogen) atoms. The maximum absolute atomic E-state index is 11.9. The second kappa shape index (κ2) is 11.8. The fourth-order valence-electron chi connectivity index (χ4n) is 4.20. The van der Waals surface area contributed by atoms with E-state index < -0.39 is 0 Å². The first kappa shape index (κ1) is 21.6.